The standard InChI is InChI=1S/C13H16N2O3S/c1-3-18-11-5-4-10(6-9(11)7-16)15-12(17)8(2)14-13(15)19/h4-6,8,16H,3,7H2,1-2H3,(H,14,19). The van der Waals surface area contributed by atoms with Gasteiger partial charge in [0.15, 0.2) is 5.11 Å². The number of rotatable bonds is 4. The quantitative estimate of drug-likeness (QED) is 0.811. The Kier molecular flexibility index (Phi) is 4.01. The summed E-state index contributed by atoms with van der Waals surface area (Å²) in [5, 5.41) is 12.7. The summed E-state index contributed by atoms with van der Waals surface area (Å²) in [5.41, 5.74) is 1.27. The number of benzene rings is 1. The molecular formula is C13H16N2O3S. The number of hydrogen-bond acceptors (Lipinski definition) is 4. The van der Waals surface area contributed by atoms with Gasteiger partial charge in [-0.1, -0.05) is 0 Å². The highest BCUT2D eigenvalue weighted by Crippen LogP contribution is 2.27. The number of anilines is 1. The fourth-order valence-electron chi connectivity index (χ4n) is 1.97. The number of thiocarbonyl (C=S) groups is 1. The van der Waals surface area contributed by atoms with Gasteiger partial charge in [-0.15, -0.1) is 0 Å². The Morgan fingerprint density at radius 1 is 1.53 bits per heavy atom. The number of amides is 1. The third-order valence-corrected chi connectivity index (χ3v) is 3.21. The SMILES string of the molecule is CCOc1ccc(N2C(=O)C(C)NC2=S)cc1CO. The van der Waals surface area contributed by atoms with E-state index in [0.29, 0.717) is 28.7 Å². The molecule has 19 heavy (non-hydrogen) atoms. The third-order valence-electron chi connectivity index (χ3n) is 2.91. The van der Waals surface area contributed by atoms with Gasteiger partial charge in [-0.25, -0.2) is 0 Å². The zero-order valence-corrected chi connectivity index (χ0v) is 11.7. The summed E-state index contributed by atoms with van der Waals surface area (Å²) >= 11 is 5.14. The van der Waals surface area contributed by atoms with Gasteiger partial charge >= 0.3 is 0 Å². The molecule has 1 aliphatic heterocycles. The number of carbonyl (C=O) groups is 1. The zero-order chi connectivity index (χ0) is 14.0. The number of ether oxygens (including phenoxy) is 1. The normalized spacial score (nSPS) is 18.7. The first-order valence-corrected chi connectivity index (χ1v) is 6.50. The van der Waals surface area contributed by atoms with Crippen molar-refractivity contribution in [3.8, 4) is 5.75 Å². The molecule has 5 nitrogen and oxygen atoms in total. The van der Waals surface area contributed by atoms with Crippen LogP contribution >= 0.6 is 12.2 Å². The maximum absolute atomic E-state index is 12.0. The molecule has 1 fully saturated rings. The van der Waals surface area contributed by atoms with Crippen molar-refractivity contribution in [2.45, 2.75) is 26.5 Å². The lowest BCUT2D eigenvalue weighted by molar-refractivity contribution is -0.117. The van der Waals surface area contributed by atoms with Gasteiger partial charge in [0.2, 0.25) is 0 Å². The second-order valence-corrected chi connectivity index (χ2v) is 4.61. The van der Waals surface area contributed by atoms with E-state index in [4.69, 9.17) is 17.0 Å². The van der Waals surface area contributed by atoms with Crippen LogP contribution in [0.25, 0.3) is 0 Å². The van der Waals surface area contributed by atoms with Gasteiger partial charge in [0.25, 0.3) is 5.91 Å². The molecule has 0 bridgehead atoms. The Hall–Kier alpha value is -1.66. The van der Waals surface area contributed by atoms with Crippen LogP contribution in [0.3, 0.4) is 0 Å². The highest BCUT2D eigenvalue weighted by atomic mass is 32.1. The molecule has 1 atom stereocenters. The number of aliphatic hydroxyl groups is 1. The summed E-state index contributed by atoms with van der Waals surface area (Å²) in [7, 11) is 0. The molecule has 2 N–H and O–H groups in total. The van der Waals surface area contributed by atoms with Gasteiger partial charge < -0.3 is 15.2 Å². The van der Waals surface area contributed by atoms with Crippen LogP contribution in [0, 0.1) is 0 Å². The fraction of sp³-hybridized carbons (Fsp3) is 0.385. The maximum atomic E-state index is 12.0. The number of aliphatic hydroxyl groups excluding tert-OH is 1. The molecule has 1 saturated heterocycles. The monoisotopic (exact) mass is 280 g/mol. The largest absolute Gasteiger partial charge is 0.494 e. The van der Waals surface area contributed by atoms with Gasteiger partial charge in [0.05, 0.1) is 18.9 Å². The molecule has 1 aliphatic rings. The zero-order valence-electron chi connectivity index (χ0n) is 10.8. The fourth-order valence-corrected chi connectivity index (χ4v) is 2.35. The average Bonchev–Trinajstić information content (AvgIpc) is 2.64. The lowest BCUT2D eigenvalue weighted by Gasteiger charge is -2.17. The van der Waals surface area contributed by atoms with Gasteiger partial charge in [-0.05, 0) is 44.3 Å². The second kappa shape index (κ2) is 5.54. The van der Waals surface area contributed by atoms with Crippen molar-refractivity contribution in [2.75, 3.05) is 11.5 Å². The van der Waals surface area contributed by atoms with Crippen molar-refractivity contribution in [2.24, 2.45) is 0 Å². The minimum absolute atomic E-state index is 0.0990. The van der Waals surface area contributed by atoms with Gasteiger partial charge in [0, 0.05) is 5.56 Å². The van der Waals surface area contributed by atoms with Crippen molar-refractivity contribution in [3.05, 3.63) is 23.8 Å². The van der Waals surface area contributed by atoms with Gasteiger partial charge in [-0.3, -0.25) is 9.69 Å². The molecule has 0 radical (unpaired) electrons. The Balaban J connectivity index is 2.36. The molecule has 1 amide bonds. The molecule has 0 saturated carbocycles. The highest BCUT2D eigenvalue weighted by molar-refractivity contribution is 7.80. The first-order valence-electron chi connectivity index (χ1n) is 6.09. The van der Waals surface area contributed by atoms with Crippen molar-refractivity contribution in [1.29, 1.82) is 0 Å². The summed E-state index contributed by atoms with van der Waals surface area (Å²) in [4.78, 5) is 13.4. The second-order valence-electron chi connectivity index (χ2n) is 4.23. The number of nitrogens with one attached hydrogen (secondary N) is 1. The number of carbonyl (C=O) groups excluding carboxylic acids is 1. The predicted molar refractivity (Wildman–Crippen MR) is 76.2 cm³/mol. The smallest absolute Gasteiger partial charge is 0.255 e. The number of nitrogens with zero attached hydrogens (tertiary/aromatic N) is 1. The van der Waals surface area contributed by atoms with Crippen LogP contribution in [0.1, 0.15) is 19.4 Å². The number of hydrogen-bond donors (Lipinski definition) is 2. The van der Waals surface area contributed by atoms with Crippen LogP contribution in [-0.2, 0) is 11.4 Å². The van der Waals surface area contributed by atoms with Crippen LogP contribution in [0.15, 0.2) is 18.2 Å². The predicted octanol–water partition coefficient (Wildman–Crippen LogP) is 1.19. The Labute approximate surface area is 117 Å². The van der Waals surface area contributed by atoms with Crippen molar-refractivity contribution in [1.82, 2.24) is 5.32 Å². The summed E-state index contributed by atoms with van der Waals surface area (Å²) in [6, 6.07) is 4.89. The maximum Gasteiger partial charge on any atom is 0.255 e. The van der Waals surface area contributed by atoms with E-state index in [2.05, 4.69) is 5.32 Å². The third kappa shape index (κ3) is 2.54. The lowest BCUT2D eigenvalue weighted by atomic mass is 10.1. The van der Waals surface area contributed by atoms with E-state index in [-0.39, 0.29) is 18.6 Å². The molecule has 1 unspecified atom stereocenters. The average molecular weight is 280 g/mol. The minimum atomic E-state index is -0.323. The van der Waals surface area contributed by atoms with Crippen LogP contribution in [0.2, 0.25) is 0 Å². The van der Waals surface area contributed by atoms with Crippen LogP contribution in [0.4, 0.5) is 5.69 Å². The van der Waals surface area contributed by atoms with E-state index >= 15 is 0 Å². The Bertz CT molecular complexity index is 519. The Morgan fingerprint density at radius 2 is 2.26 bits per heavy atom. The van der Waals surface area contributed by atoms with Crippen LogP contribution in [-0.4, -0.2) is 28.8 Å². The van der Waals surface area contributed by atoms with E-state index < -0.39 is 0 Å². The van der Waals surface area contributed by atoms with Crippen molar-refractivity contribution >= 4 is 28.9 Å². The summed E-state index contributed by atoms with van der Waals surface area (Å²) < 4.78 is 5.41. The highest BCUT2D eigenvalue weighted by Gasteiger charge is 2.33. The van der Waals surface area contributed by atoms with Crippen molar-refractivity contribution < 1.29 is 14.6 Å². The summed E-state index contributed by atoms with van der Waals surface area (Å²) in [6.45, 7) is 4.00. The molecular weight excluding hydrogens is 264 g/mol. The molecule has 2 rings (SSSR count). The molecule has 1 heterocycles. The molecule has 0 aromatic heterocycles. The van der Waals surface area contributed by atoms with Crippen molar-refractivity contribution in [3.63, 3.8) is 0 Å². The van der Waals surface area contributed by atoms with E-state index in [1.165, 1.54) is 4.90 Å². The van der Waals surface area contributed by atoms with E-state index in [0.717, 1.165) is 0 Å². The van der Waals surface area contributed by atoms with E-state index in [1.54, 1.807) is 25.1 Å². The summed E-state index contributed by atoms with van der Waals surface area (Å²) in [6.07, 6.45) is 0. The summed E-state index contributed by atoms with van der Waals surface area (Å²) in [5.74, 6) is 0.519. The van der Waals surface area contributed by atoms with E-state index in [1.807, 2.05) is 6.92 Å². The first-order chi connectivity index (χ1) is 9.08. The van der Waals surface area contributed by atoms with Gasteiger partial charge in [0.1, 0.15) is 11.8 Å². The lowest BCUT2D eigenvalue weighted by Crippen LogP contribution is -2.30. The Morgan fingerprint density at radius 3 is 2.79 bits per heavy atom. The molecule has 0 spiro atoms. The van der Waals surface area contributed by atoms with Crippen LogP contribution in [0.5, 0.6) is 5.75 Å². The molecule has 0 aliphatic carbocycles. The molecule has 6 heteroatoms. The van der Waals surface area contributed by atoms with Gasteiger partial charge in [-0.2, -0.15) is 0 Å². The minimum Gasteiger partial charge on any atom is -0.494 e. The molecule has 1 aromatic rings. The van der Waals surface area contributed by atoms with Crippen LogP contribution < -0.4 is 15.0 Å². The molecule has 1 aromatic carbocycles. The molecule has 102 valence electrons. The van der Waals surface area contributed by atoms with E-state index in [9.17, 15) is 9.90 Å². The first kappa shape index (κ1) is 13.8. The topological polar surface area (TPSA) is 61.8 Å².